The predicted octanol–water partition coefficient (Wildman–Crippen LogP) is 5.52. The first-order chi connectivity index (χ1) is 11.3. The minimum absolute atomic E-state index is 0.350. The van der Waals surface area contributed by atoms with Crippen LogP contribution < -0.4 is 0 Å². The lowest BCUT2D eigenvalue weighted by molar-refractivity contribution is -0.156. The van der Waals surface area contributed by atoms with E-state index in [2.05, 4.69) is 48.6 Å². The van der Waals surface area contributed by atoms with Gasteiger partial charge < -0.3 is 4.90 Å². The van der Waals surface area contributed by atoms with Gasteiger partial charge in [-0.25, -0.2) is 0 Å². The molecular weight excluding hydrogens is 362 g/mol. The molecule has 0 bridgehead atoms. The molecule has 3 aliphatic carbocycles. The maximum absolute atomic E-state index is 12.2. The quantitative estimate of drug-likeness (QED) is 0.530. The largest absolute Gasteiger partial charge is 0.342 e. The summed E-state index contributed by atoms with van der Waals surface area (Å²) < 4.78 is 1.40. The van der Waals surface area contributed by atoms with E-state index in [1.807, 2.05) is 0 Å². The molecule has 6 atom stereocenters. The van der Waals surface area contributed by atoms with E-state index in [0.29, 0.717) is 22.8 Å². The molecule has 2 nitrogen and oxygen atoms in total. The average molecular weight is 394 g/mol. The molecule has 24 heavy (non-hydrogen) atoms. The van der Waals surface area contributed by atoms with Crippen molar-refractivity contribution in [3.8, 4) is 0 Å². The zero-order chi connectivity index (χ0) is 17.3. The Hall–Kier alpha value is -0.310. The lowest BCUT2D eigenvalue weighted by atomic mass is 9.47. The van der Waals surface area contributed by atoms with Gasteiger partial charge >= 0.3 is 0 Å². The number of piperidine rings is 1. The minimum Gasteiger partial charge on any atom is -0.342 e. The van der Waals surface area contributed by atoms with Crippen LogP contribution in [0.25, 0.3) is 0 Å². The number of hydrogen-bond acceptors (Lipinski definition) is 1. The van der Waals surface area contributed by atoms with Crippen molar-refractivity contribution in [1.82, 2.24) is 4.90 Å². The Morgan fingerprint density at radius 3 is 2.54 bits per heavy atom. The third kappa shape index (κ3) is 2.15. The Morgan fingerprint density at radius 2 is 1.83 bits per heavy atom. The second-order valence-corrected chi connectivity index (χ2v) is 10.7. The molecule has 0 aromatic rings. The Bertz CT molecular complexity index is 595. The van der Waals surface area contributed by atoms with Gasteiger partial charge in [0.05, 0.1) is 0 Å². The molecule has 0 aromatic carbocycles. The molecule has 1 unspecified atom stereocenters. The van der Waals surface area contributed by atoms with Crippen molar-refractivity contribution in [2.45, 2.75) is 78.2 Å². The van der Waals surface area contributed by atoms with Crippen molar-refractivity contribution in [3.05, 3.63) is 10.1 Å². The SMILES string of the molecule is C/C(Br)=C1\CC[C@H]2[C@@H]3CCC4N(C)C(=O)CC[C@]4(C)[C@@H]3CC[C@]12C. The summed E-state index contributed by atoms with van der Waals surface area (Å²) in [4.78, 5) is 14.3. The Balaban J connectivity index is 1.67. The lowest BCUT2D eigenvalue weighted by Gasteiger charge is -2.61. The molecule has 1 aliphatic heterocycles. The number of carbonyl (C=O) groups excluding carboxylic acids is 1. The highest BCUT2D eigenvalue weighted by molar-refractivity contribution is 9.11. The van der Waals surface area contributed by atoms with Crippen molar-refractivity contribution in [2.24, 2.45) is 28.6 Å². The van der Waals surface area contributed by atoms with Gasteiger partial charge in [0.1, 0.15) is 0 Å². The number of likely N-dealkylation sites (tertiary alicyclic amines) is 1. The molecule has 4 rings (SSSR count). The van der Waals surface area contributed by atoms with Crippen LogP contribution in [0.3, 0.4) is 0 Å². The van der Waals surface area contributed by atoms with Gasteiger partial charge in [-0.05, 0) is 84.9 Å². The molecule has 0 aromatic heterocycles. The molecule has 4 aliphatic rings. The summed E-state index contributed by atoms with van der Waals surface area (Å²) in [6.45, 7) is 7.31. The van der Waals surface area contributed by atoms with Crippen molar-refractivity contribution < 1.29 is 4.79 Å². The maximum atomic E-state index is 12.2. The van der Waals surface area contributed by atoms with Gasteiger partial charge in [-0.3, -0.25) is 4.79 Å². The Morgan fingerprint density at radius 1 is 1.08 bits per heavy atom. The van der Waals surface area contributed by atoms with E-state index in [9.17, 15) is 4.79 Å². The highest BCUT2D eigenvalue weighted by Crippen LogP contribution is 2.66. The number of allylic oxidation sites excluding steroid dienone is 2. The van der Waals surface area contributed by atoms with Crippen molar-refractivity contribution in [2.75, 3.05) is 7.05 Å². The maximum Gasteiger partial charge on any atom is 0.222 e. The topological polar surface area (TPSA) is 20.3 Å². The standard InChI is InChI=1S/C21H32BrNO/c1-13(22)15-6-7-16-14-5-8-18-21(3,12-10-19(24)23(18)4)17(14)9-11-20(15,16)2/h14,16-18H,5-12H2,1-4H3/b15-13-/t14-,16-,17+,18?,20+,21+/m0/s1. The first-order valence-corrected chi connectivity index (χ1v) is 10.7. The summed E-state index contributed by atoms with van der Waals surface area (Å²) in [5.41, 5.74) is 2.48. The predicted molar refractivity (Wildman–Crippen MR) is 102 cm³/mol. The summed E-state index contributed by atoms with van der Waals surface area (Å²) in [6.07, 6.45) is 9.81. The van der Waals surface area contributed by atoms with Gasteiger partial charge in [0, 0.05) is 19.5 Å². The lowest BCUT2D eigenvalue weighted by Crippen LogP contribution is -2.61. The molecule has 4 fully saturated rings. The first kappa shape index (κ1) is 17.1. The number of nitrogens with zero attached hydrogens (tertiary/aromatic N) is 1. The fraction of sp³-hybridized carbons (Fsp3) is 0.857. The van der Waals surface area contributed by atoms with Crippen molar-refractivity contribution >= 4 is 21.8 Å². The highest BCUT2D eigenvalue weighted by Gasteiger charge is 2.60. The van der Waals surface area contributed by atoms with E-state index in [1.54, 1.807) is 5.57 Å². The second-order valence-electron chi connectivity index (χ2n) is 9.49. The van der Waals surface area contributed by atoms with Crippen LogP contribution in [0.5, 0.6) is 0 Å². The number of hydrogen-bond donors (Lipinski definition) is 0. The zero-order valence-electron chi connectivity index (χ0n) is 15.7. The molecule has 1 amide bonds. The Kier molecular flexibility index (Phi) is 3.99. The second kappa shape index (κ2) is 5.59. The minimum atomic E-state index is 0.350. The van der Waals surface area contributed by atoms with E-state index in [-0.39, 0.29) is 0 Å². The number of fused-ring (bicyclic) bond motifs is 5. The number of rotatable bonds is 0. The van der Waals surface area contributed by atoms with Crippen LogP contribution in [0.1, 0.15) is 72.1 Å². The molecular formula is C21H32BrNO. The normalized spacial score (nSPS) is 50.2. The van der Waals surface area contributed by atoms with Gasteiger partial charge in [0.2, 0.25) is 5.91 Å². The van der Waals surface area contributed by atoms with Gasteiger partial charge in [-0.2, -0.15) is 0 Å². The molecule has 0 spiro atoms. The summed E-state index contributed by atoms with van der Waals surface area (Å²) in [6, 6.07) is 0.485. The van der Waals surface area contributed by atoms with Crippen LogP contribution in [0.15, 0.2) is 10.1 Å². The van der Waals surface area contributed by atoms with Crippen molar-refractivity contribution in [3.63, 3.8) is 0 Å². The van der Waals surface area contributed by atoms with Gasteiger partial charge in [-0.15, -0.1) is 0 Å². The van der Waals surface area contributed by atoms with Crippen LogP contribution in [-0.4, -0.2) is 23.9 Å². The highest BCUT2D eigenvalue weighted by atomic mass is 79.9. The van der Waals surface area contributed by atoms with Gasteiger partial charge in [-0.1, -0.05) is 35.4 Å². The monoisotopic (exact) mass is 393 g/mol. The van der Waals surface area contributed by atoms with E-state index in [0.717, 1.165) is 30.6 Å². The smallest absolute Gasteiger partial charge is 0.222 e. The number of carbonyl (C=O) groups is 1. The Labute approximate surface area is 155 Å². The summed E-state index contributed by atoms with van der Waals surface area (Å²) in [5.74, 6) is 2.92. The number of halogens is 1. The average Bonchev–Trinajstić information content (AvgIpc) is 2.89. The number of amides is 1. The molecule has 134 valence electrons. The van der Waals surface area contributed by atoms with Crippen LogP contribution in [0, 0.1) is 28.6 Å². The van der Waals surface area contributed by atoms with E-state index >= 15 is 0 Å². The fourth-order valence-corrected chi connectivity index (χ4v) is 8.18. The van der Waals surface area contributed by atoms with Gasteiger partial charge in [0.15, 0.2) is 0 Å². The van der Waals surface area contributed by atoms with E-state index < -0.39 is 0 Å². The third-order valence-electron chi connectivity index (χ3n) is 8.76. The summed E-state index contributed by atoms with van der Waals surface area (Å²) in [5, 5.41) is 0. The molecule has 0 radical (unpaired) electrons. The summed E-state index contributed by atoms with van der Waals surface area (Å²) in [7, 11) is 2.06. The zero-order valence-corrected chi connectivity index (χ0v) is 17.3. The van der Waals surface area contributed by atoms with Crippen LogP contribution in [0.2, 0.25) is 0 Å². The first-order valence-electron chi connectivity index (χ1n) is 9.90. The molecule has 3 saturated carbocycles. The van der Waals surface area contributed by atoms with Crippen LogP contribution >= 0.6 is 15.9 Å². The molecule has 3 heteroatoms. The fourth-order valence-electron chi connectivity index (χ4n) is 7.53. The van der Waals surface area contributed by atoms with Crippen molar-refractivity contribution in [1.29, 1.82) is 0 Å². The van der Waals surface area contributed by atoms with Crippen LogP contribution in [-0.2, 0) is 4.79 Å². The molecule has 1 heterocycles. The molecule has 0 N–H and O–H groups in total. The third-order valence-corrected chi connectivity index (χ3v) is 9.24. The molecule has 1 saturated heterocycles. The van der Waals surface area contributed by atoms with Crippen LogP contribution in [0.4, 0.5) is 0 Å². The van der Waals surface area contributed by atoms with E-state index in [1.165, 1.54) is 43.0 Å². The van der Waals surface area contributed by atoms with E-state index in [4.69, 9.17) is 0 Å². The summed E-state index contributed by atoms with van der Waals surface area (Å²) >= 11 is 3.80. The van der Waals surface area contributed by atoms with Gasteiger partial charge in [0.25, 0.3) is 0 Å².